The zero-order valence-electron chi connectivity index (χ0n) is 10.4. The van der Waals surface area contributed by atoms with Gasteiger partial charge in [0.25, 0.3) is 0 Å². The Labute approximate surface area is 110 Å². The first kappa shape index (κ1) is 12.8. The fraction of sp³-hybridized carbons (Fsp3) is 0.0667. The predicted molar refractivity (Wildman–Crippen MR) is 72.3 cm³/mol. The van der Waals surface area contributed by atoms with Crippen molar-refractivity contribution in [2.75, 3.05) is 5.32 Å². The molecule has 2 N–H and O–H groups in total. The largest absolute Gasteiger partial charge is 0.507 e. The van der Waals surface area contributed by atoms with Gasteiger partial charge in [-0.1, -0.05) is 12.1 Å². The smallest absolute Gasteiger partial charge is 0.221 e. The van der Waals surface area contributed by atoms with E-state index in [0.29, 0.717) is 11.3 Å². The highest BCUT2D eigenvalue weighted by Gasteiger charge is 2.12. The van der Waals surface area contributed by atoms with Crippen molar-refractivity contribution < 1.29 is 14.7 Å². The van der Waals surface area contributed by atoms with Gasteiger partial charge in [-0.3, -0.25) is 9.59 Å². The van der Waals surface area contributed by atoms with Crippen molar-refractivity contribution in [1.29, 1.82) is 0 Å². The number of rotatable bonds is 3. The number of phenolic OH excluding ortho intramolecular Hbond substituents is 1. The molecule has 0 heterocycles. The molecule has 0 atom stereocenters. The summed E-state index contributed by atoms with van der Waals surface area (Å²) in [5.74, 6) is -0.467. The van der Waals surface area contributed by atoms with E-state index in [1.807, 2.05) is 0 Å². The van der Waals surface area contributed by atoms with E-state index in [0.717, 1.165) is 0 Å². The molecule has 0 aliphatic carbocycles. The van der Waals surface area contributed by atoms with Crippen molar-refractivity contribution in [2.24, 2.45) is 0 Å². The third-order valence-electron chi connectivity index (χ3n) is 2.62. The van der Waals surface area contributed by atoms with Crippen molar-refractivity contribution in [2.45, 2.75) is 6.92 Å². The lowest BCUT2D eigenvalue weighted by atomic mass is 10.0. The lowest BCUT2D eigenvalue weighted by Crippen LogP contribution is -2.06. The van der Waals surface area contributed by atoms with Crippen LogP contribution >= 0.6 is 0 Å². The molecule has 1 amide bonds. The van der Waals surface area contributed by atoms with E-state index in [9.17, 15) is 14.7 Å². The minimum absolute atomic E-state index is 0.0431. The van der Waals surface area contributed by atoms with Crippen molar-refractivity contribution >= 4 is 17.4 Å². The molecule has 0 unspecified atom stereocenters. The van der Waals surface area contributed by atoms with E-state index in [-0.39, 0.29) is 23.0 Å². The van der Waals surface area contributed by atoms with Gasteiger partial charge in [-0.05, 0) is 36.4 Å². The van der Waals surface area contributed by atoms with Crippen LogP contribution in [0.1, 0.15) is 22.8 Å². The zero-order valence-corrected chi connectivity index (χ0v) is 10.4. The lowest BCUT2D eigenvalue weighted by Gasteiger charge is -2.05. The normalized spacial score (nSPS) is 9.95. The maximum absolute atomic E-state index is 12.2. The molecule has 0 saturated carbocycles. The second kappa shape index (κ2) is 5.35. The fourth-order valence-electron chi connectivity index (χ4n) is 1.73. The number of phenols is 1. The minimum atomic E-state index is -0.257. The van der Waals surface area contributed by atoms with Crippen LogP contribution in [0, 0.1) is 0 Å². The summed E-state index contributed by atoms with van der Waals surface area (Å²) in [4.78, 5) is 23.0. The molecule has 0 bridgehead atoms. The van der Waals surface area contributed by atoms with Crippen LogP contribution in [0.3, 0.4) is 0 Å². The van der Waals surface area contributed by atoms with Gasteiger partial charge >= 0.3 is 0 Å². The van der Waals surface area contributed by atoms with Crippen molar-refractivity contribution in [3.8, 4) is 5.75 Å². The molecular formula is C15H13NO3. The minimum Gasteiger partial charge on any atom is -0.507 e. The third-order valence-corrected chi connectivity index (χ3v) is 2.62. The molecule has 0 fully saturated rings. The van der Waals surface area contributed by atoms with E-state index in [1.165, 1.54) is 13.0 Å². The summed E-state index contributed by atoms with van der Waals surface area (Å²) in [5, 5.41) is 12.3. The maximum Gasteiger partial charge on any atom is 0.221 e. The van der Waals surface area contributed by atoms with Gasteiger partial charge in [0.1, 0.15) is 5.75 Å². The highest BCUT2D eigenvalue weighted by molar-refractivity contribution is 6.10. The summed E-state index contributed by atoms with van der Waals surface area (Å²) in [7, 11) is 0. The van der Waals surface area contributed by atoms with E-state index in [1.54, 1.807) is 42.5 Å². The van der Waals surface area contributed by atoms with E-state index < -0.39 is 0 Å². The number of ketones is 1. The molecule has 0 aliphatic rings. The first-order valence-electron chi connectivity index (χ1n) is 5.78. The number of para-hydroxylation sites is 1. The number of benzene rings is 2. The monoisotopic (exact) mass is 255 g/mol. The summed E-state index contributed by atoms with van der Waals surface area (Å²) < 4.78 is 0. The number of amides is 1. The summed E-state index contributed by atoms with van der Waals surface area (Å²) >= 11 is 0. The lowest BCUT2D eigenvalue weighted by molar-refractivity contribution is -0.114. The predicted octanol–water partition coefficient (Wildman–Crippen LogP) is 2.58. The topological polar surface area (TPSA) is 66.4 Å². The second-order valence-electron chi connectivity index (χ2n) is 4.10. The Morgan fingerprint density at radius 1 is 1.00 bits per heavy atom. The first-order chi connectivity index (χ1) is 9.08. The average Bonchev–Trinajstić information content (AvgIpc) is 2.39. The molecule has 2 rings (SSSR count). The second-order valence-corrected chi connectivity index (χ2v) is 4.10. The molecule has 0 aliphatic heterocycles. The molecule has 0 spiro atoms. The van der Waals surface area contributed by atoms with Crippen molar-refractivity contribution in [3.05, 3.63) is 59.7 Å². The molecule has 4 nitrogen and oxygen atoms in total. The molecule has 2 aromatic carbocycles. The van der Waals surface area contributed by atoms with Crippen LogP contribution in [0.2, 0.25) is 0 Å². The zero-order chi connectivity index (χ0) is 13.8. The van der Waals surface area contributed by atoms with Crippen molar-refractivity contribution in [3.63, 3.8) is 0 Å². The Kier molecular flexibility index (Phi) is 3.61. The molecule has 19 heavy (non-hydrogen) atoms. The summed E-state index contributed by atoms with van der Waals surface area (Å²) in [6.07, 6.45) is 0. The van der Waals surface area contributed by atoms with Crippen LogP contribution in [-0.2, 0) is 4.79 Å². The summed E-state index contributed by atoms with van der Waals surface area (Å²) in [6, 6.07) is 12.9. The van der Waals surface area contributed by atoms with Gasteiger partial charge in [-0.25, -0.2) is 0 Å². The quantitative estimate of drug-likeness (QED) is 0.828. The molecule has 0 radical (unpaired) electrons. The van der Waals surface area contributed by atoms with E-state index in [4.69, 9.17) is 0 Å². The molecule has 4 heteroatoms. The van der Waals surface area contributed by atoms with Crippen LogP contribution in [0.4, 0.5) is 5.69 Å². The SMILES string of the molecule is CC(=O)Nc1ccc(C(=O)c2ccccc2O)cc1. The Morgan fingerprint density at radius 2 is 1.63 bits per heavy atom. The molecular weight excluding hydrogens is 242 g/mol. The third kappa shape index (κ3) is 2.98. The van der Waals surface area contributed by atoms with E-state index in [2.05, 4.69) is 5.32 Å². The fourth-order valence-corrected chi connectivity index (χ4v) is 1.73. The van der Waals surface area contributed by atoms with Crippen LogP contribution in [0.25, 0.3) is 0 Å². The van der Waals surface area contributed by atoms with Crippen molar-refractivity contribution in [1.82, 2.24) is 0 Å². The number of hydrogen-bond acceptors (Lipinski definition) is 3. The number of hydrogen-bond donors (Lipinski definition) is 2. The van der Waals surface area contributed by atoms with Gasteiger partial charge in [0.05, 0.1) is 5.56 Å². The Balaban J connectivity index is 2.25. The molecule has 2 aromatic rings. The van der Waals surface area contributed by atoms with Crippen LogP contribution in [-0.4, -0.2) is 16.8 Å². The highest BCUT2D eigenvalue weighted by Crippen LogP contribution is 2.20. The van der Waals surface area contributed by atoms with Gasteiger partial charge in [0, 0.05) is 18.2 Å². The van der Waals surface area contributed by atoms with Gasteiger partial charge in [0.15, 0.2) is 5.78 Å². The van der Waals surface area contributed by atoms with Gasteiger partial charge in [-0.2, -0.15) is 0 Å². The highest BCUT2D eigenvalue weighted by atomic mass is 16.3. The Bertz CT molecular complexity index is 618. The molecule has 0 aromatic heterocycles. The van der Waals surface area contributed by atoms with Gasteiger partial charge in [0.2, 0.25) is 5.91 Å². The number of aromatic hydroxyl groups is 1. The first-order valence-corrected chi connectivity index (χ1v) is 5.78. The Hall–Kier alpha value is -2.62. The maximum atomic E-state index is 12.2. The van der Waals surface area contributed by atoms with Crippen LogP contribution in [0.15, 0.2) is 48.5 Å². The molecule has 0 saturated heterocycles. The van der Waals surface area contributed by atoms with Gasteiger partial charge < -0.3 is 10.4 Å². The number of anilines is 1. The summed E-state index contributed by atoms with van der Waals surface area (Å²) in [6.45, 7) is 1.42. The van der Waals surface area contributed by atoms with Gasteiger partial charge in [-0.15, -0.1) is 0 Å². The standard InChI is InChI=1S/C15H13NO3/c1-10(17)16-12-8-6-11(7-9-12)15(19)13-4-2-3-5-14(13)18/h2-9,18H,1H3,(H,16,17). The van der Waals surface area contributed by atoms with E-state index >= 15 is 0 Å². The van der Waals surface area contributed by atoms with Crippen LogP contribution in [0.5, 0.6) is 5.75 Å². The number of nitrogens with one attached hydrogen (secondary N) is 1. The number of carbonyl (C=O) groups excluding carboxylic acids is 2. The van der Waals surface area contributed by atoms with Crippen LogP contribution < -0.4 is 5.32 Å². The number of carbonyl (C=O) groups is 2. The Morgan fingerprint density at radius 3 is 2.21 bits per heavy atom. The summed E-state index contributed by atoms with van der Waals surface area (Å²) in [5.41, 5.74) is 1.34. The molecule has 96 valence electrons. The average molecular weight is 255 g/mol.